The Morgan fingerprint density at radius 2 is 1.90 bits per heavy atom. The number of hydrogen-bond donors (Lipinski definition) is 1. The minimum Gasteiger partial charge on any atom is -0.493 e. The number of halogens is 1. The van der Waals surface area contributed by atoms with Crippen LogP contribution in [0.2, 0.25) is 0 Å². The molecule has 0 bridgehead atoms. The van der Waals surface area contributed by atoms with Gasteiger partial charge in [-0.25, -0.2) is 9.18 Å². The number of ether oxygens (including phenoxy) is 2. The van der Waals surface area contributed by atoms with Gasteiger partial charge in [0.05, 0.1) is 19.8 Å². The molecule has 0 saturated heterocycles. The summed E-state index contributed by atoms with van der Waals surface area (Å²) in [5.41, 5.74) is 0.779. The first-order valence-electron chi connectivity index (χ1n) is 5.82. The second-order valence-electron chi connectivity index (χ2n) is 4.04. The zero-order chi connectivity index (χ0) is 14.7. The molecule has 0 fully saturated rings. The minimum atomic E-state index is -1.30. The van der Waals surface area contributed by atoms with Gasteiger partial charge >= 0.3 is 5.97 Å². The van der Waals surface area contributed by atoms with E-state index in [1.54, 1.807) is 18.2 Å². The van der Waals surface area contributed by atoms with E-state index in [9.17, 15) is 9.18 Å². The first-order valence-corrected chi connectivity index (χ1v) is 5.82. The van der Waals surface area contributed by atoms with E-state index in [0.29, 0.717) is 22.6 Å². The zero-order valence-corrected chi connectivity index (χ0v) is 11.0. The van der Waals surface area contributed by atoms with Crippen LogP contribution in [-0.4, -0.2) is 25.3 Å². The smallest absolute Gasteiger partial charge is 0.338 e. The van der Waals surface area contributed by atoms with Gasteiger partial charge in [0, 0.05) is 5.56 Å². The fraction of sp³-hybridized carbons (Fsp3) is 0.133. The molecule has 0 aliphatic rings. The Labute approximate surface area is 115 Å². The first kappa shape index (κ1) is 13.9. The number of benzene rings is 2. The maximum Gasteiger partial charge on any atom is 0.338 e. The van der Waals surface area contributed by atoms with E-state index in [1.165, 1.54) is 32.4 Å². The Bertz CT molecular complexity index is 652. The highest BCUT2D eigenvalue weighted by atomic mass is 19.1. The van der Waals surface area contributed by atoms with Gasteiger partial charge in [-0.05, 0) is 23.8 Å². The van der Waals surface area contributed by atoms with Gasteiger partial charge in [-0.3, -0.25) is 0 Å². The lowest BCUT2D eigenvalue weighted by atomic mass is 10.0. The third kappa shape index (κ3) is 2.42. The van der Waals surface area contributed by atoms with Crippen molar-refractivity contribution in [2.45, 2.75) is 0 Å². The number of aromatic carboxylic acids is 1. The fourth-order valence-corrected chi connectivity index (χ4v) is 1.97. The number of carboxylic acid groups (broad SMARTS) is 1. The van der Waals surface area contributed by atoms with Gasteiger partial charge < -0.3 is 14.6 Å². The quantitative estimate of drug-likeness (QED) is 0.931. The highest BCUT2D eigenvalue weighted by molar-refractivity contribution is 5.89. The molecule has 0 amide bonds. The minimum absolute atomic E-state index is 0.365. The maximum atomic E-state index is 13.8. The van der Waals surface area contributed by atoms with Gasteiger partial charge in [0.1, 0.15) is 5.82 Å². The second kappa shape index (κ2) is 5.61. The van der Waals surface area contributed by atoms with Crippen molar-refractivity contribution in [3.63, 3.8) is 0 Å². The summed E-state index contributed by atoms with van der Waals surface area (Å²) < 4.78 is 24.2. The van der Waals surface area contributed by atoms with E-state index in [4.69, 9.17) is 14.6 Å². The third-order valence-corrected chi connectivity index (χ3v) is 2.91. The third-order valence-electron chi connectivity index (χ3n) is 2.91. The number of carboxylic acids is 1. The number of rotatable bonds is 4. The monoisotopic (exact) mass is 276 g/mol. The van der Waals surface area contributed by atoms with E-state index in [2.05, 4.69) is 0 Å². The Balaban J connectivity index is 2.57. The van der Waals surface area contributed by atoms with Crippen molar-refractivity contribution in [3.05, 3.63) is 47.8 Å². The van der Waals surface area contributed by atoms with Gasteiger partial charge in [-0.15, -0.1) is 0 Å². The lowest BCUT2D eigenvalue weighted by Crippen LogP contribution is -2.00. The van der Waals surface area contributed by atoms with Gasteiger partial charge in [0.25, 0.3) is 0 Å². The van der Waals surface area contributed by atoms with E-state index in [-0.39, 0.29) is 5.56 Å². The molecule has 5 heteroatoms. The Morgan fingerprint density at radius 3 is 2.45 bits per heavy atom. The van der Waals surface area contributed by atoms with Crippen molar-refractivity contribution >= 4 is 5.97 Å². The molecule has 0 aromatic heterocycles. The highest BCUT2D eigenvalue weighted by Gasteiger charge is 2.15. The lowest BCUT2D eigenvalue weighted by molar-refractivity contribution is 0.0692. The predicted molar refractivity (Wildman–Crippen MR) is 71.9 cm³/mol. The van der Waals surface area contributed by atoms with Crippen LogP contribution in [0, 0.1) is 5.82 Å². The van der Waals surface area contributed by atoms with Crippen molar-refractivity contribution in [1.82, 2.24) is 0 Å². The topological polar surface area (TPSA) is 55.8 Å². The summed E-state index contributed by atoms with van der Waals surface area (Å²) in [4.78, 5) is 10.8. The van der Waals surface area contributed by atoms with Crippen LogP contribution in [0.3, 0.4) is 0 Å². The summed E-state index contributed by atoms with van der Waals surface area (Å²) in [5, 5.41) is 8.83. The molecule has 4 nitrogen and oxygen atoms in total. The fourth-order valence-electron chi connectivity index (χ4n) is 1.97. The number of hydrogen-bond acceptors (Lipinski definition) is 3. The lowest BCUT2D eigenvalue weighted by Gasteiger charge is -2.13. The molecule has 1 N–H and O–H groups in total. The van der Waals surface area contributed by atoms with Crippen LogP contribution in [0.15, 0.2) is 36.4 Å². The van der Waals surface area contributed by atoms with E-state index < -0.39 is 11.8 Å². The summed E-state index contributed by atoms with van der Waals surface area (Å²) in [6, 6.07) is 9.15. The summed E-state index contributed by atoms with van der Waals surface area (Å²) in [7, 11) is 3.00. The zero-order valence-electron chi connectivity index (χ0n) is 11.0. The van der Waals surface area contributed by atoms with Crippen molar-refractivity contribution in [1.29, 1.82) is 0 Å². The Morgan fingerprint density at radius 1 is 1.15 bits per heavy atom. The van der Waals surface area contributed by atoms with Gasteiger partial charge in [-0.1, -0.05) is 18.2 Å². The predicted octanol–water partition coefficient (Wildman–Crippen LogP) is 3.21. The van der Waals surface area contributed by atoms with Crippen LogP contribution in [0.4, 0.5) is 4.39 Å². The summed E-state index contributed by atoms with van der Waals surface area (Å²) in [6.45, 7) is 0. The first-order chi connectivity index (χ1) is 9.58. The molecular formula is C15H13FO4. The van der Waals surface area contributed by atoms with Crippen molar-refractivity contribution in [2.75, 3.05) is 14.2 Å². The number of carbonyl (C=O) groups is 1. The van der Waals surface area contributed by atoms with Crippen LogP contribution < -0.4 is 9.47 Å². The summed E-state index contributed by atoms with van der Waals surface area (Å²) in [6.07, 6.45) is 0. The second-order valence-corrected chi connectivity index (χ2v) is 4.04. The van der Waals surface area contributed by atoms with Gasteiger partial charge in [-0.2, -0.15) is 0 Å². The van der Waals surface area contributed by atoms with Crippen LogP contribution in [0.1, 0.15) is 10.4 Å². The molecule has 0 radical (unpaired) electrons. The number of para-hydroxylation sites is 1. The van der Waals surface area contributed by atoms with E-state index in [1.807, 2.05) is 0 Å². The average Bonchev–Trinajstić information content (AvgIpc) is 2.45. The molecular weight excluding hydrogens is 263 g/mol. The molecule has 0 spiro atoms. The van der Waals surface area contributed by atoms with E-state index in [0.717, 1.165) is 0 Å². The Kier molecular flexibility index (Phi) is 3.89. The number of methoxy groups -OCH3 is 2. The van der Waals surface area contributed by atoms with Crippen molar-refractivity contribution in [3.8, 4) is 22.6 Å². The summed E-state index contributed by atoms with van der Waals surface area (Å²) >= 11 is 0. The van der Waals surface area contributed by atoms with Crippen LogP contribution in [-0.2, 0) is 0 Å². The molecule has 0 aliphatic heterocycles. The van der Waals surface area contributed by atoms with Crippen molar-refractivity contribution < 1.29 is 23.8 Å². The molecule has 0 atom stereocenters. The standard InChI is InChI=1S/C15H13FO4/c1-19-13-5-3-4-10(14(13)20-2)9-6-7-11(15(17)18)12(16)8-9/h3-8H,1-2H3,(H,17,18). The normalized spacial score (nSPS) is 10.2. The van der Waals surface area contributed by atoms with Gasteiger partial charge in [0.2, 0.25) is 0 Å². The molecule has 20 heavy (non-hydrogen) atoms. The Hall–Kier alpha value is -2.56. The summed E-state index contributed by atoms with van der Waals surface area (Å²) in [5.74, 6) is -1.10. The van der Waals surface area contributed by atoms with Crippen LogP contribution in [0.25, 0.3) is 11.1 Å². The average molecular weight is 276 g/mol. The molecule has 0 aliphatic carbocycles. The van der Waals surface area contributed by atoms with Crippen LogP contribution >= 0.6 is 0 Å². The highest BCUT2D eigenvalue weighted by Crippen LogP contribution is 2.38. The van der Waals surface area contributed by atoms with Crippen molar-refractivity contribution in [2.24, 2.45) is 0 Å². The molecule has 104 valence electrons. The SMILES string of the molecule is COc1cccc(-c2ccc(C(=O)O)c(F)c2)c1OC. The molecule has 0 saturated carbocycles. The van der Waals surface area contributed by atoms with E-state index >= 15 is 0 Å². The van der Waals surface area contributed by atoms with Crippen LogP contribution in [0.5, 0.6) is 11.5 Å². The molecule has 2 aromatic rings. The maximum absolute atomic E-state index is 13.8. The molecule has 0 heterocycles. The largest absolute Gasteiger partial charge is 0.493 e. The molecule has 0 unspecified atom stereocenters. The molecule has 2 rings (SSSR count). The van der Waals surface area contributed by atoms with Gasteiger partial charge in [0.15, 0.2) is 11.5 Å². The molecule has 2 aromatic carbocycles.